The zero-order valence-electron chi connectivity index (χ0n) is 15.9. The molecule has 8 heteroatoms. The van der Waals surface area contributed by atoms with Gasteiger partial charge in [0, 0.05) is 22.8 Å². The van der Waals surface area contributed by atoms with Crippen LogP contribution in [0.3, 0.4) is 0 Å². The molecule has 2 heterocycles. The van der Waals surface area contributed by atoms with Crippen molar-refractivity contribution in [3.63, 3.8) is 0 Å². The van der Waals surface area contributed by atoms with Gasteiger partial charge in [0.15, 0.2) is 0 Å². The molecular weight excluding hydrogens is 379 g/mol. The van der Waals surface area contributed by atoms with Crippen molar-refractivity contribution in [2.45, 2.75) is 12.6 Å². The number of pyridine rings is 1. The lowest BCUT2D eigenvalue weighted by atomic mass is 10.0. The Kier molecular flexibility index (Phi) is 5.47. The van der Waals surface area contributed by atoms with Crippen molar-refractivity contribution in [1.29, 1.82) is 0 Å². The number of hydrogen-bond donors (Lipinski definition) is 1. The molecule has 0 bridgehead atoms. The largest absolute Gasteiger partial charge is 0.466 e. The molecule has 0 aliphatic carbocycles. The van der Waals surface area contributed by atoms with Gasteiger partial charge in [-0.3, -0.25) is 0 Å². The quantitative estimate of drug-likeness (QED) is 0.390. The number of carbonyl (C=O) groups is 2. The van der Waals surface area contributed by atoms with Gasteiger partial charge in [0.1, 0.15) is 17.6 Å². The van der Waals surface area contributed by atoms with Gasteiger partial charge in [0.05, 0.1) is 31.0 Å². The Hall–Kier alpha value is -3.52. The Morgan fingerprint density at radius 2 is 2.00 bits per heavy atom. The van der Waals surface area contributed by atoms with E-state index >= 15 is 0 Å². The van der Waals surface area contributed by atoms with Crippen LogP contribution in [0.2, 0.25) is 0 Å². The number of fused-ring (bicyclic) bond motifs is 3. The Morgan fingerprint density at radius 1 is 1.28 bits per heavy atom. The van der Waals surface area contributed by atoms with Crippen LogP contribution in [0.15, 0.2) is 49.1 Å². The second kappa shape index (κ2) is 7.84. The number of benzene rings is 1. The van der Waals surface area contributed by atoms with Crippen molar-refractivity contribution in [1.82, 2.24) is 9.55 Å². The van der Waals surface area contributed by atoms with E-state index < -0.39 is 23.9 Å². The van der Waals surface area contributed by atoms with Crippen LogP contribution >= 0.6 is 0 Å². The number of nitrogens with zero attached hydrogens (tertiary/aromatic N) is 2. The highest BCUT2D eigenvalue weighted by Crippen LogP contribution is 2.35. The maximum Gasteiger partial charge on any atom is 0.356 e. The standard InChI is InChI=1S/C21H19FN2O5/c1-5-8-24-16-7-6-12(22)9-13(16)14-10-15(21(27)29-4)23-17(18(14)24)19(25)11(2)20(26)28-3/h5-7,9-10,19,25H,1-2,8H2,3-4H3. The summed E-state index contributed by atoms with van der Waals surface area (Å²) >= 11 is 0. The maximum absolute atomic E-state index is 14.0. The number of methoxy groups -OCH3 is 2. The van der Waals surface area contributed by atoms with E-state index in [1.807, 2.05) is 0 Å². The molecule has 0 spiro atoms. The third-order valence-corrected chi connectivity index (χ3v) is 4.57. The monoisotopic (exact) mass is 398 g/mol. The summed E-state index contributed by atoms with van der Waals surface area (Å²) in [6.07, 6.45) is 0.0640. The highest BCUT2D eigenvalue weighted by Gasteiger charge is 2.27. The van der Waals surface area contributed by atoms with Gasteiger partial charge in [-0.05, 0) is 24.3 Å². The SMILES string of the molecule is C=CCn1c2ccc(F)cc2c2cc(C(=O)OC)nc(C(O)C(=C)C(=O)OC)c21. The first kappa shape index (κ1) is 20.2. The lowest BCUT2D eigenvalue weighted by Gasteiger charge is -2.16. The molecule has 1 N–H and O–H groups in total. The molecule has 3 aromatic rings. The molecule has 0 aliphatic heterocycles. The van der Waals surface area contributed by atoms with Crippen LogP contribution < -0.4 is 0 Å². The Balaban J connectivity index is 2.45. The fourth-order valence-electron chi connectivity index (χ4n) is 3.25. The highest BCUT2D eigenvalue weighted by atomic mass is 19.1. The number of aliphatic hydroxyl groups is 1. The summed E-state index contributed by atoms with van der Waals surface area (Å²) in [5.74, 6) is -2.04. The lowest BCUT2D eigenvalue weighted by Crippen LogP contribution is -2.16. The van der Waals surface area contributed by atoms with E-state index in [0.29, 0.717) is 28.4 Å². The predicted molar refractivity (Wildman–Crippen MR) is 105 cm³/mol. The molecule has 2 aromatic heterocycles. The van der Waals surface area contributed by atoms with Gasteiger partial charge < -0.3 is 19.1 Å². The molecule has 0 aliphatic rings. The summed E-state index contributed by atoms with van der Waals surface area (Å²) in [5.41, 5.74) is 0.688. The van der Waals surface area contributed by atoms with E-state index in [1.54, 1.807) is 16.7 Å². The normalized spacial score (nSPS) is 12.0. The molecule has 0 fully saturated rings. The summed E-state index contributed by atoms with van der Waals surface area (Å²) in [4.78, 5) is 28.3. The van der Waals surface area contributed by atoms with Gasteiger partial charge in [-0.15, -0.1) is 6.58 Å². The summed E-state index contributed by atoms with van der Waals surface area (Å²) in [6.45, 7) is 7.62. The van der Waals surface area contributed by atoms with Crippen LogP contribution in [0.4, 0.5) is 4.39 Å². The van der Waals surface area contributed by atoms with E-state index in [0.717, 1.165) is 7.11 Å². The summed E-state index contributed by atoms with van der Waals surface area (Å²) in [5, 5.41) is 11.8. The smallest absolute Gasteiger partial charge is 0.356 e. The number of aliphatic hydroxyl groups excluding tert-OH is 1. The molecule has 0 amide bonds. The first-order valence-electron chi connectivity index (χ1n) is 8.60. The number of rotatable bonds is 6. The van der Waals surface area contributed by atoms with Crippen molar-refractivity contribution in [3.05, 3.63) is 66.3 Å². The third-order valence-electron chi connectivity index (χ3n) is 4.57. The van der Waals surface area contributed by atoms with Crippen LogP contribution in [0, 0.1) is 5.82 Å². The molecule has 3 rings (SSSR count). The second-order valence-electron chi connectivity index (χ2n) is 6.26. The number of ether oxygens (including phenoxy) is 2. The molecule has 150 valence electrons. The van der Waals surface area contributed by atoms with E-state index in [-0.39, 0.29) is 17.0 Å². The molecule has 1 atom stereocenters. The Bertz CT molecular complexity index is 1170. The van der Waals surface area contributed by atoms with Crippen LogP contribution in [-0.2, 0) is 20.8 Å². The first-order chi connectivity index (χ1) is 13.8. The zero-order chi connectivity index (χ0) is 21.3. The topological polar surface area (TPSA) is 90.7 Å². The first-order valence-corrected chi connectivity index (χ1v) is 8.60. The van der Waals surface area contributed by atoms with Crippen LogP contribution in [-0.4, -0.2) is 40.8 Å². The van der Waals surface area contributed by atoms with Gasteiger partial charge in [-0.25, -0.2) is 19.0 Å². The number of esters is 2. The van der Waals surface area contributed by atoms with Crippen molar-refractivity contribution < 1.29 is 28.6 Å². The number of carbonyl (C=O) groups excluding carboxylic acids is 2. The van der Waals surface area contributed by atoms with E-state index in [9.17, 15) is 19.1 Å². The molecule has 7 nitrogen and oxygen atoms in total. The number of aromatic nitrogens is 2. The van der Waals surface area contributed by atoms with Crippen LogP contribution in [0.25, 0.3) is 21.8 Å². The fourth-order valence-corrected chi connectivity index (χ4v) is 3.25. The van der Waals surface area contributed by atoms with Crippen molar-refractivity contribution in [2.24, 2.45) is 0 Å². The Labute approximate surface area is 165 Å². The minimum absolute atomic E-state index is 0.00300. The summed E-state index contributed by atoms with van der Waals surface area (Å²) in [6, 6.07) is 5.67. The van der Waals surface area contributed by atoms with Crippen molar-refractivity contribution >= 4 is 33.7 Å². The van der Waals surface area contributed by atoms with Crippen molar-refractivity contribution in [3.8, 4) is 0 Å². The molecule has 29 heavy (non-hydrogen) atoms. The van der Waals surface area contributed by atoms with Gasteiger partial charge >= 0.3 is 11.9 Å². The molecule has 1 aromatic carbocycles. The van der Waals surface area contributed by atoms with Crippen LogP contribution in [0.5, 0.6) is 0 Å². The molecule has 0 saturated carbocycles. The molecule has 0 saturated heterocycles. The lowest BCUT2D eigenvalue weighted by molar-refractivity contribution is -0.137. The van der Waals surface area contributed by atoms with Crippen molar-refractivity contribution in [2.75, 3.05) is 14.2 Å². The van der Waals surface area contributed by atoms with Gasteiger partial charge in [0.25, 0.3) is 0 Å². The Morgan fingerprint density at radius 3 is 2.62 bits per heavy atom. The van der Waals surface area contributed by atoms with Crippen LogP contribution in [0.1, 0.15) is 22.3 Å². The maximum atomic E-state index is 14.0. The van der Waals surface area contributed by atoms with E-state index in [2.05, 4.69) is 22.9 Å². The van der Waals surface area contributed by atoms with Gasteiger partial charge in [-0.1, -0.05) is 12.7 Å². The minimum atomic E-state index is -1.56. The number of halogens is 1. The average Bonchev–Trinajstić information content (AvgIpc) is 3.04. The van der Waals surface area contributed by atoms with Gasteiger partial charge in [0.2, 0.25) is 0 Å². The second-order valence-corrected chi connectivity index (χ2v) is 6.26. The molecular formula is C21H19FN2O5. The summed E-state index contributed by atoms with van der Waals surface area (Å²) < 4.78 is 25.1. The predicted octanol–water partition coefficient (Wildman–Crippen LogP) is 3.06. The fraction of sp³-hybridized carbons (Fsp3) is 0.190. The average molecular weight is 398 g/mol. The minimum Gasteiger partial charge on any atom is -0.466 e. The summed E-state index contributed by atoms with van der Waals surface area (Å²) in [7, 11) is 2.35. The van der Waals surface area contributed by atoms with E-state index in [4.69, 9.17) is 4.74 Å². The molecule has 1 unspecified atom stereocenters. The number of hydrogen-bond acceptors (Lipinski definition) is 6. The number of allylic oxidation sites excluding steroid dienone is 1. The molecule has 0 radical (unpaired) electrons. The zero-order valence-corrected chi connectivity index (χ0v) is 15.9. The highest BCUT2D eigenvalue weighted by molar-refractivity contribution is 6.11. The van der Waals surface area contributed by atoms with Gasteiger partial charge in [-0.2, -0.15) is 0 Å². The third kappa shape index (κ3) is 3.38. The van der Waals surface area contributed by atoms with E-state index in [1.165, 1.54) is 25.3 Å².